The summed E-state index contributed by atoms with van der Waals surface area (Å²) in [6.07, 6.45) is -10.6. The molecule has 0 unspecified atom stereocenters. The van der Waals surface area contributed by atoms with Gasteiger partial charge in [0.15, 0.2) is 12.6 Å². The van der Waals surface area contributed by atoms with Crippen LogP contribution >= 0.6 is 7.92 Å². The molecular weight excluding hydrogens is 858 g/mol. The second kappa shape index (κ2) is 23.5. The topological polar surface area (TPSA) is 154 Å². The molecule has 66 heavy (non-hydrogen) atoms. The van der Waals surface area contributed by atoms with Crippen molar-refractivity contribution in [1.82, 2.24) is 5.32 Å². The number of hydrogen-bond donors (Lipinski definition) is 4. The van der Waals surface area contributed by atoms with Crippen LogP contribution in [0, 0.1) is 0 Å². The summed E-state index contributed by atoms with van der Waals surface area (Å²) in [6, 6.07) is 55.1. The summed E-state index contributed by atoms with van der Waals surface area (Å²) >= 11 is 0. The molecule has 0 saturated carbocycles. The SMILES string of the molecule is CO[C@H]1O[C@H](COCc2ccccc2)[C@@H](O[C@@H]2O[C@H](CO)[C@@H](O)[C@H](O)[C@H]2NC(=O)c2ccccc2P(c2ccccc2)c2ccccc2)[C@H](OCc2ccccc2)[C@H]1OCc1ccccc1. The Morgan fingerprint density at radius 2 is 1.06 bits per heavy atom. The molecule has 6 aromatic rings. The van der Waals surface area contributed by atoms with E-state index in [0.717, 1.165) is 32.6 Å². The summed E-state index contributed by atoms with van der Waals surface area (Å²) in [4.78, 5) is 14.8. The van der Waals surface area contributed by atoms with E-state index in [1.54, 1.807) is 12.1 Å². The number of hydrogen-bond acceptors (Lipinski definition) is 11. The Morgan fingerprint density at radius 1 is 0.576 bits per heavy atom. The van der Waals surface area contributed by atoms with Crippen molar-refractivity contribution in [3.63, 3.8) is 0 Å². The Bertz CT molecular complexity index is 2330. The average Bonchev–Trinajstić information content (AvgIpc) is 3.37. The van der Waals surface area contributed by atoms with Crippen molar-refractivity contribution in [3.8, 4) is 0 Å². The van der Waals surface area contributed by atoms with Crippen LogP contribution < -0.4 is 21.2 Å². The van der Waals surface area contributed by atoms with Gasteiger partial charge in [-0.25, -0.2) is 0 Å². The normalized spacial score (nSPS) is 25.3. The van der Waals surface area contributed by atoms with Crippen LogP contribution in [0.4, 0.5) is 0 Å². The highest BCUT2D eigenvalue weighted by Crippen LogP contribution is 2.36. The van der Waals surface area contributed by atoms with Gasteiger partial charge in [-0.2, -0.15) is 0 Å². The number of aliphatic hydroxyl groups is 3. The van der Waals surface area contributed by atoms with Crippen molar-refractivity contribution < 1.29 is 53.3 Å². The Balaban J connectivity index is 1.14. The summed E-state index contributed by atoms with van der Waals surface area (Å²) in [5.74, 6) is -0.524. The molecule has 344 valence electrons. The van der Waals surface area contributed by atoms with Gasteiger partial charge in [0.25, 0.3) is 5.91 Å². The van der Waals surface area contributed by atoms with Crippen LogP contribution in [0.1, 0.15) is 27.0 Å². The monoisotopic (exact) mass is 913 g/mol. The molecule has 1 amide bonds. The van der Waals surface area contributed by atoms with Gasteiger partial charge in [0.2, 0.25) is 0 Å². The van der Waals surface area contributed by atoms with Crippen LogP contribution in [-0.2, 0) is 53.0 Å². The van der Waals surface area contributed by atoms with E-state index in [1.165, 1.54) is 7.11 Å². The quantitative estimate of drug-likeness (QED) is 0.0801. The molecule has 12 nitrogen and oxygen atoms in total. The van der Waals surface area contributed by atoms with Gasteiger partial charge in [-0.1, -0.05) is 170 Å². The largest absolute Gasteiger partial charge is 0.394 e. The lowest BCUT2D eigenvalue weighted by Gasteiger charge is -2.49. The van der Waals surface area contributed by atoms with Gasteiger partial charge in [0, 0.05) is 12.7 Å². The Labute approximate surface area is 386 Å². The number of carbonyl (C=O) groups excluding carboxylic acids is 1. The molecule has 2 aliphatic rings. The molecule has 2 heterocycles. The first kappa shape index (κ1) is 47.3. The summed E-state index contributed by atoms with van der Waals surface area (Å²) < 4.78 is 45.6. The number of ether oxygens (including phenoxy) is 7. The lowest BCUT2D eigenvalue weighted by atomic mass is 9.95. The van der Waals surface area contributed by atoms with Crippen molar-refractivity contribution in [3.05, 3.63) is 198 Å². The zero-order chi connectivity index (χ0) is 45.7. The average molecular weight is 914 g/mol. The molecule has 4 N–H and O–H groups in total. The van der Waals surface area contributed by atoms with Gasteiger partial charge in [0.05, 0.1) is 33.0 Å². The predicted octanol–water partition coefficient (Wildman–Crippen LogP) is 5.13. The molecule has 13 heteroatoms. The first-order valence-electron chi connectivity index (χ1n) is 22.1. The van der Waals surface area contributed by atoms with Gasteiger partial charge in [-0.05, 0) is 46.6 Å². The molecule has 0 aliphatic carbocycles. The molecule has 0 spiro atoms. The number of carbonyl (C=O) groups is 1. The van der Waals surface area contributed by atoms with E-state index in [0.29, 0.717) is 5.56 Å². The molecule has 2 aliphatic heterocycles. The van der Waals surface area contributed by atoms with E-state index in [2.05, 4.69) is 29.6 Å². The molecule has 8 rings (SSSR count). The summed E-state index contributed by atoms with van der Waals surface area (Å²) in [6.45, 7) is -0.0402. The van der Waals surface area contributed by atoms with Crippen molar-refractivity contribution in [2.45, 2.75) is 81.2 Å². The van der Waals surface area contributed by atoms with Gasteiger partial charge in [-0.3, -0.25) is 4.79 Å². The van der Waals surface area contributed by atoms with Gasteiger partial charge in [0.1, 0.15) is 48.8 Å². The molecule has 10 atom stereocenters. The minimum atomic E-state index is -1.64. The summed E-state index contributed by atoms with van der Waals surface area (Å²) in [5.41, 5.74) is 3.11. The van der Waals surface area contributed by atoms with Gasteiger partial charge in [-0.15, -0.1) is 0 Å². The number of aliphatic hydroxyl groups excluding tert-OH is 3. The molecule has 0 aromatic heterocycles. The lowest BCUT2D eigenvalue weighted by Crippen LogP contribution is -2.68. The Kier molecular flexibility index (Phi) is 16.9. The highest BCUT2D eigenvalue weighted by atomic mass is 31.1. The van der Waals surface area contributed by atoms with Crippen molar-refractivity contribution in [2.75, 3.05) is 20.3 Å². The van der Waals surface area contributed by atoms with E-state index in [1.807, 2.05) is 140 Å². The van der Waals surface area contributed by atoms with E-state index in [4.69, 9.17) is 33.2 Å². The molecule has 2 saturated heterocycles. The third-order valence-corrected chi connectivity index (χ3v) is 14.2. The van der Waals surface area contributed by atoms with Crippen molar-refractivity contribution in [1.29, 1.82) is 0 Å². The Hall–Kier alpha value is -5.18. The number of benzene rings is 6. The van der Waals surface area contributed by atoms with E-state index in [-0.39, 0.29) is 26.4 Å². The third-order valence-electron chi connectivity index (χ3n) is 11.7. The smallest absolute Gasteiger partial charge is 0.252 e. The van der Waals surface area contributed by atoms with Crippen LogP contribution in [0.15, 0.2) is 176 Å². The first-order valence-corrected chi connectivity index (χ1v) is 23.4. The molecule has 2 fully saturated rings. The van der Waals surface area contributed by atoms with Crippen LogP contribution in [0.25, 0.3) is 0 Å². The third kappa shape index (κ3) is 11.7. The highest BCUT2D eigenvalue weighted by molar-refractivity contribution is 7.80. The predicted molar refractivity (Wildman–Crippen MR) is 251 cm³/mol. The number of nitrogens with one attached hydrogen (secondary N) is 1. The lowest BCUT2D eigenvalue weighted by molar-refractivity contribution is -0.356. The van der Waals surface area contributed by atoms with E-state index >= 15 is 0 Å². The number of methoxy groups -OCH3 is 1. The van der Waals surface area contributed by atoms with Crippen LogP contribution in [0.5, 0.6) is 0 Å². The van der Waals surface area contributed by atoms with Crippen LogP contribution in [0.2, 0.25) is 0 Å². The molecular formula is C53H56NO11P. The minimum absolute atomic E-state index is 0.00424. The van der Waals surface area contributed by atoms with Gasteiger partial charge < -0.3 is 53.8 Å². The standard InChI is InChI=1S/C53H56NO11P/c1-59-53-50(62-34-38-23-11-4-12-24-38)49(61-33-37-21-9-3-10-22-37)48(43(64-53)35-60-32-36-19-7-2-8-20-36)65-52-45(47(57)46(56)42(31-55)63-52)54-51(58)41-29-17-18-30-44(41)66(39-25-13-5-14-26-39)40-27-15-6-16-28-40/h2-30,42-43,45-50,52-53,55-57H,31-35H2,1H3,(H,54,58)/t42-,43-,45-,46-,47-,48-,49+,50-,52+,53+/m1/s1. The maximum atomic E-state index is 14.8. The van der Waals surface area contributed by atoms with Crippen LogP contribution in [0.3, 0.4) is 0 Å². The zero-order valence-corrected chi connectivity index (χ0v) is 37.5. The first-order chi connectivity index (χ1) is 32.4. The van der Waals surface area contributed by atoms with E-state index in [9.17, 15) is 20.1 Å². The number of amides is 1. The van der Waals surface area contributed by atoms with Gasteiger partial charge >= 0.3 is 0 Å². The fourth-order valence-electron chi connectivity index (χ4n) is 8.31. The summed E-state index contributed by atoms with van der Waals surface area (Å²) in [7, 11) is 0.319. The fraction of sp³-hybridized carbons (Fsp3) is 0.302. The number of rotatable bonds is 19. The maximum Gasteiger partial charge on any atom is 0.252 e. The second-order valence-corrected chi connectivity index (χ2v) is 18.3. The zero-order valence-electron chi connectivity index (χ0n) is 36.6. The second-order valence-electron chi connectivity index (χ2n) is 16.1. The fourth-order valence-corrected chi connectivity index (χ4v) is 10.8. The van der Waals surface area contributed by atoms with Crippen LogP contribution in [-0.4, -0.2) is 103 Å². The molecule has 6 aromatic carbocycles. The summed E-state index contributed by atoms with van der Waals surface area (Å²) in [5, 5.41) is 39.5. The van der Waals surface area contributed by atoms with Crippen molar-refractivity contribution in [2.24, 2.45) is 0 Å². The maximum absolute atomic E-state index is 14.8. The van der Waals surface area contributed by atoms with E-state index < -0.39 is 81.8 Å². The minimum Gasteiger partial charge on any atom is -0.394 e. The molecule has 0 radical (unpaired) electrons. The Morgan fingerprint density at radius 3 is 1.61 bits per heavy atom. The molecule has 0 bridgehead atoms. The highest BCUT2D eigenvalue weighted by Gasteiger charge is 2.53. The van der Waals surface area contributed by atoms with Crippen molar-refractivity contribution >= 4 is 29.7 Å².